The third-order valence-corrected chi connectivity index (χ3v) is 1.10. The van der Waals surface area contributed by atoms with E-state index in [-0.39, 0.29) is 6.42 Å². The highest BCUT2D eigenvalue weighted by atomic mass is 16.6. The Hall–Kier alpha value is -1.19. The molecule has 4 nitrogen and oxygen atoms in total. The van der Waals surface area contributed by atoms with Crippen LogP contribution in [0.1, 0.15) is 41.0 Å². The summed E-state index contributed by atoms with van der Waals surface area (Å²) in [6.07, 6.45) is -0.379. The van der Waals surface area contributed by atoms with Gasteiger partial charge in [0.25, 0.3) is 0 Å². The molecule has 0 aromatic heterocycles. The van der Waals surface area contributed by atoms with Crippen molar-refractivity contribution >= 4 is 11.9 Å². The molecule has 15 heavy (non-hydrogen) atoms. The van der Waals surface area contributed by atoms with Gasteiger partial charge in [-0.1, -0.05) is 0 Å². The number of hydrogen-bond donors (Lipinski definition) is 0. The second kappa shape index (κ2) is 4.55. The van der Waals surface area contributed by atoms with Gasteiger partial charge in [-0.25, -0.2) is 0 Å². The zero-order valence-electron chi connectivity index (χ0n) is 10.0. The van der Waals surface area contributed by atoms with Gasteiger partial charge in [0.2, 0.25) is 5.60 Å². The smallest absolute Gasteiger partial charge is 0.320 e. The van der Waals surface area contributed by atoms with Gasteiger partial charge < -0.3 is 9.47 Å². The molecule has 0 radical (unpaired) electrons. The van der Waals surface area contributed by atoms with Crippen molar-refractivity contribution in [2.75, 3.05) is 0 Å². The van der Waals surface area contributed by atoms with Gasteiger partial charge in [0.05, 0.1) is 0 Å². The normalized spacial score (nSPS) is 12.1. The summed E-state index contributed by atoms with van der Waals surface area (Å²) in [7, 11) is 0. The van der Waals surface area contributed by atoms with Crippen LogP contribution in [0, 0.1) is 6.92 Å². The summed E-state index contributed by atoms with van der Waals surface area (Å²) in [4.78, 5) is 22.4. The molecule has 0 aliphatic carbocycles. The Morgan fingerprint density at radius 3 is 1.73 bits per heavy atom. The third-order valence-electron chi connectivity index (χ3n) is 1.10. The predicted octanol–water partition coefficient (Wildman–Crippen LogP) is 1.87. The first-order valence-corrected chi connectivity index (χ1v) is 4.79. The summed E-state index contributed by atoms with van der Waals surface area (Å²) in [5.41, 5.74) is -1.41. The second-order valence-electron chi connectivity index (χ2n) is 5.00. The van der Waals surface area contributed by atoms with E-state index in [1.807, 2.05) is 0 Å². The molecule has 0 aromatic rings. The summed E-state index contributed by atoms with van der Waals surface area (Å²) in [5, 5.41) is 0. The van der Waals surface area contributed by atoms with E-state index in [2.05, 4.69) is 6.92 Å². The van der Waals surface area contributed by atoms with Crippen LogP contribution in [0.25, 0.3) is 0 Å². The standard InChI is InChI=1S/C11H19O4/c1-10(2,3)14-8(12)7-9(13)15-11(4,5)6/h1,7H2,2-6H3/q+1. The van der Waals surface area contributed by atoms with Crippen LogP contribution in [-0.4, -0.2) is 23.1 Å². The van der Waals surface area contributed by atoms with Crippen molar-refractivity contribution in [3.8, 4) is 0 Å². The highest BCUT2D eigenvalue weighted by Gasteiger charge is 2.26. The van der Waals surface area contributed by atoms with Crippen LogP contribution >= 0.6 is 0 Å². The van der Waals surface area contributed by atoms with E-state index in [9.17, 15) is 9.59 Å². The van der Waals surface area contributed by atoms with Crippen LogP contribution in [0.4, 0.5) is 0 Å². The van der Waals surface area contributed by atoms with Crippen molar-refractivity contribution in [2.45, 2.75) is 52.2 Å². The van der Waals surface area contributed by atoms with Gasteiger partial charge in [-0.2, -0.15) is 0 Å². The predicted molar refractivity (Wildman–Crippen MR) is 56.0 cm³/mol. The van der Waals surface area contributed by atoms with Gasteiger partial charge in [-0.15, -0.1) is 0 Å². The van der Waals surface area contributed by atoms with E-state index in [4.69, 9.17) is 9.47 Å². The van der Waals surface area contributed by atoms with Crippen LogP contribution in [0.5, 0.6) is 0 Å². The maximum atomic E-state index is 11.2. The van der Waals surface area contributed by atoms with Gasteiger partial charge >= 0.3 is 11.9 Å². The Morgan fingerprint density at radius 2 is 1.40 bits per heavy atom. The fraction of sp³-hybridized carbons (Fsp3) is 0.727. The Balaban J connectivity index is 4.04. The second-order valence-corrected chi connectivity index (χ2v) is 5.00. The number of rotatable bonds is 3. The number of carbonyl (C=O) groups is 2. The molecule has 0 unspecified atom stereocenters. The van der Waals surface area contributed by atoms with E-state index in [1.54, 1.807) is 34.6 Å². The quantitative estimate of drug-likeness (QED) is 0.410. The Labute approximate surface area is 90.9 Å². The van der Waals surface area contributed by atoms with Gasteiger partial charge in [0, 0.05) is 13.8 Å². The molecule has 0 aromatic carbocycles. The minimum Gasteiger partial charge on any atom is -0.460 e. The number of esters is 2. The van der Waals surface area contributed by atoms with E-state index >= 15 is 0 Å². The summed E-state index contributed by atoms with van der Waals surface area (Å²) in [5.74, 6) is -1.21. The number of ether oxygens (including phenoxy) is 2. The van der Waals surface area contributed by atoms with Crippen LogP contribution in [-0.2, 0) is 19.1 Å². The molecule has 0 spiro atoms. The average molecular weight is 215 g/mol. The first-order chi connectivity index (χ1) is 6.49. The zero-order valence-corrected chi connectivity index (χ0v) is 10.0. The fourth-order valence-electron chi connectivity index (χ4n) is 0.840. The van der Waals surface area contributed by atoms with Crippen LogP contribution in [0.3, 0.4) is 0 Å². The number of carbonyl (C=O) groups excluding carboxylic acids is 2. The topological polar surface area (TPSA) is 52.6 Å². The Kier molecular flexibility index (Phi) is 4.19. The maximum absolute atomic E-state index is 11.2. The third kappa shape index (κ3) is 9.12. The largest absolute Gasteiger partial charge is 0.460 e. The minimum atomic E-state index is -0.820. The highest BCUT2D eigenvalue weighted by molar-refractivity contribution is 5.91. The maximum Gasteiger partial charge on any atom is 0.320 e. The van der Waals surface area contributed by atoms with Crippen molar-refractivity contribution in [1.29, 1.82) is 0 Å². The van der Waals surface area contributed by atoms with Crippen molar-refractivity contribution in [1.82, 2.24) is 0 Å². The first kappa shape index (κ1) is 13.8. The molecule has 0 N–H and O–H groups in total. The summed E-state index contributed by atoms with van der Waals surface area (Å²) in [6, 6.07) is 0. The van der Waals surface area contributed by atoms with Crippen LogP contribution < -0.4 is 0 Å². The van der Waals surface area contributed by atoms with E-state index in [0.717, 1.165) is 0 Å². The Morgan fingerprint density at radius 1 is 1.00 bits per heavy atom. The lowest BCUT2D eigenvalue weighted by Crippen LogP contribution is -2.29. The first-order valence-electron chi connectivity index (χ1n) is 4.79. The van der Waals surface area contributed by atoms with Crippen molar-refractivity contribution < 1.29 is 19.1 Å². The van der Waals surface area contributed by atoms with Crippen LogP contribution in [0.15, 0.2) is 0 Å². The molecule has 86 valence electrons. The summed E-state index contributed by atoms with van der Waals surface area (Å²) >= 11 is 0. The average Bonchev–Trinajstić information content (AvgIpc) is 1.73. The molecule has 0 atom stereocenters. The molecular weight excluding hydrogens is 196 g/mol. The number of hydrogen-bond acceptors (Lipinski definition) is 4. The molecule has 0 saturated carbocycles. The van der Waals surface area contributed by atoms with Gasteiger partial charge in [-0.3, -0.25) is 9.59 Å². The van der Waals surface area contributed by atoms with E-state index in [0.29, 0.717) is 0 Å². The van der Waals surface area contributed by atoms with E-state index in [1.165, 1.54) is 0 Å². The molecule has 0 aliphatic heterocycles. The van der Waals surface area contributed by atoms with Gasteiger partial charge in [0.1, 0.15) is 18.9 Å². The fourth-order valence-corrected chi connectivity index (χ4v) is 0.840. The molecule has 0 heterocycles. The van der Waals surface area contributed by atoms with Gasteiger partial charge in [-0.05, 0) is 20.8 Å². The van der Waals surface area contributed by atoms with Gasteiger partial charge in [0.15, 0.2) is 0 Å². The lowest BCUT2D eigenvalue weighted by molar-refractivity contribution is -0.165. The lowest BCUT2D eigenvalue weighted by Gasteiger charge is -2.19. The lowest BCUT2D eigenvalue weighted by atomic mass is 10.2. The van der Waals surface area contributed by atoms with E-state index < -0.39 is 23.1 Å². The summed E-state index contributed by atoms with van der Waals surface area (Å²) in [6.45, 7) is 12.1. The zero-order chi connectivity index (χ0) is 12.3. The molecule has 4 heteroatoms. The molecule has 0 fully saturated rings. The molecule has 0 aliphatic rings. The van der Waals surface area contributed by atoms with Crippen LogP contribution in [0.2, 0.25) is 0 Å². The Bertz CT molecular complexity index is 216. The van der Waals surface area contributed by atoms with Crippen molar-refractivity contribution in [3.63, 3.8) is 0 Å². The molecule has 0 saturated heterocycles. The molecule has 0 rings (SSSR count). The van der Waals surface area contributed by atoms with Crippen molar-refractivity contribution in [3.05, 3.63) is 6.92 Å². The summed E-state index contributed by atoms with van der Waals surface area (Å²) < 4.78 is 9.83. The SMILES string of the molecule is [CH2+]C(C)(C)OC(=O)CC(=O)OC(C)(C)C. The molecule has 0 bridgehead atoms. The minimum absolute atomic E-state index is 0.379. The molecule has 0 amide bonds. The highest BCUT2D eigenvalue weighted by Crippen LogP contribution is 2.11. The molecular formula is C11H19O4+. The monoisotopic (exact) mass is 215 g/mol. The van der Waals surface area contributed by atoms with Crippen molar-refractivity contribution in [2.24, 2.45) is 0 Å².